The lowest BCUT2D eigenvalue weighted by molar-refractivity contribution is 0.0900. The van der Waals surface area contributed by atoms with Gasteiger partial charge in [-0.25, -0.2) is 0 Å². The van der Waals surface area contributed by atoms with Gasteiger partial charge in [-0.1, -0.05) is 33.1 Å². The maximum absolute atomic E-state index is 3.84. The first-order valence-electron chi connectivity index (χ1n) is 7.29. The van der Waals surface area contributed by atoms with Gasteiger partial charge in [-0.2, -0.15) is 0 Å². The summed E-state index contributed by atoms with van der Waals surface area (Å²) in [6, 6.07) is 0.842. The van der Waals surface area contributed by atoms with Crippen molar-refractivity contribution in [1.82, 2.24) is 10.2 Å². The standard InChI is InChI=1S/C14H28N2/c1-3-16(4-2)13-8-11-15-14(12-13)9-6-5-7-10-14/h13,15H,3-12H2,1-2H3. The summed E-state index contributed by atoms with van der Waals surface area (Å²) in [5, 5.41) is 3.84. The lowest BCUT2D eigenvalue weighted by atomic mass is 9.74. The number of hydrogen-bond donors (Lipinski definition) is 1. The van der Waals surface area contributed by atoms with Crippen molar-refractivity contribution in [2.24, 2.45) is 0 Å². The summed E-state index contributed by atoms with van der Waals surface area (Å²) in [6.07, 6.45) is 9.93. The van der Waals surface area contributed by atoms with Crippen LogP contribution in [0.15, 0.2) is 0 Å². The summed E-state index contributed by atoms with van der Waals surface area (Å²) in [4.78, 5) is 2.66. The van der Waals surface area contributed by atoms with E-state index in [0.29, 0.717) is 5.54 Å². The van der Waals surface area contributed by atoms with Gasteiger partial charge < -0.3 is 10.2 Å². The minimum absolute atomic E-state index is 0.518. The van der Waals surface area contributed by atoms with E-state index in [0.717, 1.165) is 6.04 Å². The van der Waals surface area contributed by atoms with Crippen molar-refractivity contribution in [3.8, 4) is 0 Å². The molecule has 1 aliphatic carbocycles. The second kappa shape index (κ2) is 5.50. The molecule has 0 bridgehead atoms. The minimum atomic E-state index is 0.518. The Hall–Kier alpha value is -0.0800. The fraction of sp³-hybridized carbons (Fsp3) is 1.00. The predicted molar refractivity (Wildman–Crippen MR) is 69.8 cm³/mol. The van der Waals surface area contributed by atoms with Crippen LogP contribution < -0.4 is 5.32 Å². The third-order valence-corrected chi connectivity index (χ3v) is 4.74. The van der Waals surface area contributed by atoms with Crippen LogP contribution >= 0.6 is 0 Å². The highest BCUT2D eigenvalue weighted by Gasteiger charge is 2.38. The quantitative estimate of drug-likeness (QED) is 0.793. The fourth-order valence-electron chi connectivity index (χ4n) is 3.79. The minimum Gasteiger partial charge on any atom is -0.311 e. The molecule has 1 saturated heterocycles. The third kappa shape index (κ3) is 2.60. The Bertz CT molecular complexity index is 199. The molecule has 0 amide bonds. The zero-order valence-corrected chi connectivity index (χ0v) is 11.1. The van der Waals surface area contributed by atoms with Gasteiger partial charge in [0.1, 0.15) is 0 Å². The van der Waals surface area contributed by atoms with Gasteiger partial charge in [0.25, 0.3) is 0 Å². The lowest BCUT2D eigenvalue weighted by Crippen LogP contribution is -2.57. The zero-order valence-electron chi connectivity index (χ0n) is 11.1. The van der Waals surface area contributed by atoms with E-state index in [-0.39, 0.29) is 0 Å². The van der Waals surface area contributed by atoms with Crippen LogP contribution in [0.3, 0.4) is 0 Å². The van der Waals surface area contributed by atoms with Crippen LogP contribution in [0.4, 0.5) is 0 Å². The van der Waals surface area contributed by atoms with E-state index in [1.165, 1.54) is 64.6 Å². The Kier molecular flexibility index (Phi) is 4.26. The molecule has 0 aromatic carbocycles. The summed E-state index contributed by atoms with van der Waals surface area (Å²) in [7, 11) is 0. The summed E-state index contributed by atoms with van der Waals surface area (Å²) >= 11 is 0. The Morgan fingerprint density at radius 2 is 1.81 bits per heavy atom. The van der Waals surface area contributed by atoms with Gasteiger partial charge in [0.2, 0.25) is 0 Å². The second-order valence-electron chi connectivity index (χ2n) is 5.64. The van der Waals surface area contributed by atoms with Crippen LogP contribution in [0.5, 0.6) is 0 Å². The maximum Gasteiger partial charge on any atom is 0.0196 e. The molecule has 1 heterocycles. The Morgan fingerprint density at radius 3 is 2.44 bits per heavy atom. The number of hydrogen-bond acceptors (Lipinski definition) is 2. The molecule has 1 saturated carbocycles. The van der Waals surface area contributed by atoms with Crippen LogP contribution in [0, 0.1) is 0 Å². The molecule has 1 spiro atoms. The normalized spacial score (nSPS) is 29.8. The number of nitrogens with zero attached hydrogens (tertiary/aromatic N) is 1. The van der Waals surface area contributed by atoms with E-state index in [9.17, 15) is 0 Å². The van der Waals surface area contributed by atoms with E-state index in [1.807, 2.05) is 0 Å². The average Bonchev–Trinajstić information content (AvgIpc) is 2.32. The van der Waals surface area contributed by atoms with E-state index in [2.05, 4.69) is 24.1 Å². The summed E-state index contributed by atoms with van der Waals surface area (Å²) in [6.45, 7) is 8.29. The van der Waals surface area contributed by atoms with E-state index in [1.54, 1.807) is 0 Å². The largest absolute Gasteiger partial charge is 0.311 e. The second-order valence-corrected chi connectivity index (χ2v) is 5.64. The Balaban J connectivity index is 1.97. The molecule has 1 N–H and O–H groups in total. The van der Waals surface area contributed by atoms with Gasteiger partial charge in [-0.3, -0.25) is 0 Å². The highest BCUT2D eigenvalue weighted by Crippen LogP contribution is 2.35. The highest BCUT2D eigenvalue weighted by molar-refractivity contribution is 4.98. The molecule has 0 aromatic heterocycles. The first-order chi connectivity index (χ1) is 7.79. The van der Waals surface area contributed by atoms with Crippen molar-refractivity contribution in [2.45, 2.75) is 70.4 Å². The molecule has 2 nitrogen and oxygen atoms in total. The topological polar surface area (TPSA) is 15.3 Å². The predicted octanol–water partition coefficient (Wildman–Crippen LogP) is 2.78. The van der Waals surface area contributed by atoms with Gasteiger partial charge in [-0.05, 0) is 45.3 Å². The smallest absolute Gasteiger partial charge is 0.0196 e. The van der Waals surface area contributed by atoms with Crippen molar-refractivity contribution in [3.63, 3.8) is 0 Å². The molecule has 1 unspecified atom stereocenters. The molecule has 0 radical (unpaired) electrons. The molecule has 0 aromatic rings. The first-order valence-corrected chi connectivity index (χ1v) is 7.29. The Labute approximate surface area is 101 Å². The number of rotatable bonds is 3. The van der Waals surface area contributed by atoms with E-state index >= 15 is 0 Å². The van der Waals surface area contributed by atoms with Gasteiger partial charge in [0, 0.05) is 11.6 Å². The van der Waals surface area contributed by atoms with Crippen molar-refractivity contribution in [1.29, 1.82) is 0 Å². The third-order valence-electron chi connectivity index (χ3n) is 4.74. The lowest BCUT2D eigenvalue weighted by Gasteiger charge is -2.47. The number of nitrogens with one attached hydrogen (secondary N) is 1. The Morgan fingerprint density at radius 1 is 1.12 bits per heavy atom. The highest BCUT2D eigenvalue weighted by atomic mass is 15.2. The van der Waals surface area contributed by atoms with Crippen LogP contribution in [0.2, 0.25) is 0 Å². The zero-order chi connectivity index (χ0) is 11.4. The van der Waals surface area contributed by atoms with Gasteiger partial charge >= 0.3 is 0 Å². The van der Waals surface area contributed by atoms with Crippen molar-refractivity contribution < 1.29 is 0 Å². The molecule has 2 heteroatoms. The molecule has 2 fully saturated rings. The van der Waals surface area contributed by atoms with Crippen molar-refractivity contribution in [3.05, 3.63) is 0 Å². The van der Waals surface area contributed by atoms with E-state index < -0.39 is 0 Å². The molecule has 16 heavy (non-hydrogen) atoms. The molecule has 94 valence electrons. The van der Waals surface area contributed by atoms with Crippen molar-refractivity contribution in [2.75, 3.05) is 19.6 Å². The SMILES string of the molecule is CCN(CC)C1CCNC2(CCCCC2)C1. The monoisotopic (exact) mass is 224 g/mol. The van der Waals surface area contributed by atoms with Gasteiger partial charge in [0.15, 0.2) is 0 Å². The van der Waals surface area contributed by atoms with E-state index in [4.69, 9.17) is 0 Å². The van der Waals surface area contributed by atoms with Crippen LogP contribution in [-0.4, -0.2) is 36.1 Å². The maximum atomic E-state index is 3.84. The molecular weight excluding hydrogens is 196 g/mol. The molecule has 2 aliphatic rings. The summed E-state index contributed by atoms with van der Waals surface area (Å²) in [5.41, 5.74) is 0.518. The van der Waals surface area contributed by atoms with Gasteiger partial charge in [0.05, 0.1) is 0 Å². The van der Waals surface area contributed by atoms with Crippen LogP contribution in [0.25, 0.3) is 0 Å². The van der Waals surface area contributed by atoms with Crippen LogP contribution in [0.1, 0.15) is 58.8 Å². The molecular formula is C14H28N2. The fourth-order valence-corrected chi connectivity index (χ4v) is 3.79. The molecule has 1 atom stereocenters. The first kappa shape index (κ1) is 12.4. The summed E-state index contributed by atoms with van der Waals surface area (Å²) in [5.74, 6) is 0. The van der Waals surface area contributed by atoms with Crippen molar-refractivity contribution >= 4 is 0 Å². The van der Waals surface area contributed by atoms with Gasteiger partial charge in [-0.15, -0.1) is 0 Å². The van der Waals surface area contributed by atoms with Crippen LogP contribution in [-0.2, 0) is 0 Å². The molecule has 1 aliphatic heterocycles. The molecule has 2 rings (SSSR count). The summed E-state index contributed by atoms with van der Waals surface area (Å²) < 4.78 is 0. The average molecular weight is 224 g/mol. The number of piperidine rings is 1.